The second-order valence-electron chi connectivity index (χ2n) is 8.37. The Morgan fingerprint density at radius 3 is 2.38 bits per heavy atom. The van der Waals surface area contributed by atoms with Gasteiger partial charge in [-0.15, -0.1) is 0 Å². The van der Waals surface area contributed by atoms with Gasteiger partial charge in [0.05, 0.1) is 0 Å². The molecule has 1 unspecified atom stereocenters. The quantitative estimate of drug-likeness (QED) is 0.318. The number of phenols is 1. The van der Waals surface area contributed by atoms with E-state index in [1.165, 1.54) is 30.5 Å². The number of hydrogen-bond acceptors (Lipinski definition) is 3. The highest BCUT2D eigenvalue weighted by atomic mass is 16.5. The molecule has 0 saturated carbocycles. The summed E-state index contributed by atoms with van der Waals surface area (Å²) in [4.78, 5) is 11.4. The minimum absolute atomic E-state index is 0.179. The van der Waals surface area contributed by atoms with Gasteiger partial charge in [-0.25, -0.2) is 4.79 Å². The Labute approximate surface area is 202 Å². The van der Waals surface area contributed by atoms with Crippen LogP contribution in [0, 0.1) is 11.8 Å². The number of aromatic hydroxyl groups is 1. The lowest BCUT2D eigenvalue weighted by atomic mass is 9.98. The molecule has 0 bridgehead atoms. The Morgan fingerprint density at radius 1 is 0.941 bits per heavy atom. The van der Waals surface area contributed by atoms with Gasteiger partial charge in [-0.3, -0.25) is 0 Å². The molecule has 0 aliphatic carbocycles. The largest absolute Gasteiger partial charge is 0.507 e. The Kier molecular flexibility index (Phi) is 9.17. The van der Waals surface area contributed by atoms with Crippen molar-refractivity contribution in [2.45, 2.75) is 58.5 Å². The van der Waals surface area contributed by atoms with Gasteiger partial charge in [0.1, 0.15) is 23.2 Å². The minimum atomic E-state index is -1.19. The maximum Gasteiger partial charge on any atom is 0.339 e. The molecule has 3 aromatic carbocycles. The van der Waals surface area contributed by atoms with Crippen LogP contribution >= 0.6 is 0 Å². The number of carbonyl (C=O) groups is 1. The van der Waals surface area contributed by atoms with E-state index < -0.39 is 5.97 Å². The fourth-order valence-corrected chi connectivity index (χ4v) is 3.76. The van der Waals surface area contributed by atoms with Gasteiger partial charge in [0.2, 0.25) is 0 Å². The number of carboxylic acids is 1. The number of rotatable bonds is 10. The Bertz CT molecular complexity index is 1150. The van der Waals surface area contributed by atoms with E-state index in [0.717, 1.165) is 42.4 Å². The second kappa shape index (κ2) is 12.5. The van der Waals surface area contributed by atoms with Crippen molar-refractivity contribution in [2.75, 3.05) is 0 Å². The molecule has 0 amide bonds. The standard InChI is InChI=1S/C30H32O4/c1-3-5-9-22-13-15-23(16-14-22)17-18-24-10-7-8-11-26(24)29(12-6-4-2)34-25-19-20-28(31)27(21-25)30(32)33/h7-8,10-11,13-16,19-21,29,31H,3-6,9,12H2,1-2H3,(H,32,33). The number of unbranched alkanes of at least 4 members (excludes halogenated alkanes) is 2. The van der Waals surface area contributed by atoms with Gasteiger partial charge in [-0.1, -0.05) is 68.9 Å². The lowest BCUT2D eigenvalue weighted by Gasteiger charge is -2.21. The maximum absolute atomic E-state index is 11.4. The van der Waals surface area contributed by atoms with Crippen molar-refractivity contribution in [3.63, 3.8) is 0 Å². The molecule has 0 aromatic heterocycles. The van der Waals surface area contributed by atoms with Crippen LogP contribution in [0.15, 0.2) is 66.7 Å². The van der Waals surface area contributed by atoms with Crippen LogP contribution in [-0.4, -0.2) is 16.2 Å². The molecule has 3 aromatic rings. The lowest BCUT2D eigenvalue weighted by molar-refractivity contribution is 0.0692. The predicted octanol–water partition coefficient (Wildman–Crippen LogP) is 7.14. The molecule has 0 aliphatic heterocycles. The number of aryl methyl sites for hydroxylation is 1. The predicted molar refractivity (Wildman–Crippen MR) is 135 cm³/mol. The summed E-state index contributed by atoms with van der Waals surface area (Å²) >= 11 is 0. The van der Waals surface area contributed by atoms with E-state index in [2.05, 4.69) is 50.0 Å². The van der Waals surface area contributed by atoms with E-state index >= 15 is 0 Å². The molecule has 0 saturated heterocycles. The molecule has 0 heterocycles. The molecule has 2 N–H and O–H groups in total. The average Bonchev–Trinajstić information content (AvgIpc) is 2.85. The molecule has 34 heavy (non-hydrogen) atoms. The van der Waals surface area contributed by atoms with Crippen molar-refractivity contribution in [3.8, 4) is 23.3 Å². The van der Waals surface area contributed by atoms with Crippen molar-refractivity contribution >= 4 is 5.97 Å². The molecule has 0 spiro atoms. The normalized spacial score (nSPS) is 11.4. The van der Waals surface area contributed by atoms with E-state index in [1.807, 2.05) is 24.3 Å². The van der Waals surface area contributed by atoms with Crippen LogP contribution in [0.4, 0.5) is 0 Å². The van der Waals surface area contributed by atoms with Crippen LogP contribution in [0.5, 0.6) is 11.5 Å². The molecule has 176 valence electrons. The van der Waals surface area contributed by atoms with Gasteiger partial charge < -0.3 is 14.9 Å². The highest BCUT2D eigenvalue weighted by Gasteiger charge is 2.18. The zero-order valence-corrected chi connectivity index (χ0v) is 19.9. The highest BCUT2D eigenvalue weighted by molar-refractivity contribution is 5.91. The summed E-state index contributed by atoms with van der Waals surface area (Å²) in [6.45, 7) is 4.32. The minimum Gasteiger partial charge on any atom is -0.507 e. The molecule has 0 aliphatic rings. The smallest absolute Gasteiger partial charge is 0.339 e. The molecule has 0 fully saturated rings. The fourth-order valence-electron chi connectivity index (χ4n) is 3.76. The molecular formula is C30H32O4. The molecule has 4 heteroatoms. The van der Waals surface area contributed by atoms with Gasteiger partial charge in [0, 0.05) is 16.7 Å². The average molecular weight is 457 g/mol. The summed E-state index contributed by atoms with van der Waals surface area (Å²) < 4.78 is 6.25. The molecule has 4 nitrogen and oxygen atoms in total. The van der Waals surface area contributed by atoms with Gasteiger partial charge in [-0.05, 0) is 67.6 Å². The van der Waals surface area contributed by atoms with Gasteiger partial charge in [-0.2, -0.15) is 0 Å². The van der Waals surface area contributed by atoms with Crippen LogP contribution in [0.25, 0.3) is 0 Å². The van der Waals surface area contributed by atoms with Crippen LogP contribution < -0.4 is 4.74 Å². The third-order valence-corrected chi connectivity index (χ3v) is 5.72. The van der Waals surface area contributed by atoms with E-state index in [0.29, 0.717) is 5.75 Å². The van der Waals surface area contributed by atoms with Crippen molar-refractivity contribution in [3.05, 3.63) is 94.5 Å². The van der Waals surface area contributed by atoms with Gasteiger partial charge >= 0.3 is 5.97 Å². The number of benzene rings is 3. The summed E-state index contributed by atoms with van der Waals surface area (Å²) in [5.41, 5.74) is 3.97. The van der Waals surface area contributed by atoms with Crippen molar-refractivity contribution in [2.24, 2.45) is 0 Å². The summed E-state index contributed by atoms with van der Waals surface area (Å²) in [6, 6.07) is 20.6. The SMILES string of the molecule is CCCCc1ccc(C#Cc2ccccc2C(CCCC)Oc2ccc(O)c(C(=O)O)c2)cc1. The first-order valence-electron chi connectivity index (χ1n) is 11.9. The van der Waals surface area contributed by atoms with Crippen LogP contribution in [0.3, 0.4) is 0 Å². The van der Waals surface area contributed by atoms with E-state index in [-0.39, 0.29) is 17.4 Å². The summed E-state index contributed by atoms with van der Waals surface area (Å²) in [7, 11) is 0. The first kappa shape index (κ1) is 24.9. The number of hydrogen-bond donors (Lipinski definition) is 2. The van der Waals surface area contributed by atoms with Crippen LogP contribution in [-0.2, 0) is 6.42 Å². The second-order valence-corrected chi connectivity index (χ2v) is 8.37. The third-order valence-electron chi connectivity index (χ3n) is 5.72. The van der Waals surface area contributed by atoms with Crippen molar-refractivity contribution < 1.29 is 19.7 Å². The topological polar surface area (TPSA) is 66.8 Å². The Morgan fingerprint density at radius 2 is 1.68 bits per heavy atom. The zero-order chi connectivity index (χ0) is 24.3. The Hall–Kier alpha value is -3.71. The van der Waals surface area contributed by atoms with Gasteiger partial charge in [0.15, 0.2) is 0 Å². The van der Waals surface area contributed by atoms with Crippen molar-refractivity contribution in [1.29, 1.82) is 0 Å². The van der Waals surface area contributed by atoms with E-state index in [1.54, 1.807) is 6.07 Å². The maximum atomic E-state index is 11.4. The zero-order valence-electron chi connectivity index (χ0n) is 19.9. The Balaban J connectivity index is 1.87. The summed E-state index contributed by atoms with van der Waals surface area (Å²) in [6.07, 6.45) is 5.90. The van der Waals surface area contributed by atoms with E-state index in [4.69, 9.17) is 4.74 Å². The highest BCUT2D eigenvalue weighted by Crippen LogP contribution is 2.31. The summed E-state index contributed by atoms with van der Waals surface area (Å²) in [5, 5.41) is 19.2. The van der Waals surface area contributed by atoms with Crippen LogP contribution in [0.2, 0.25) is 0 Å². The number of ether oxygens (including phenoxy) is 1. The van der Waals surface area contributed by atoms with Crippen molar-refractivity contribution in [1.82, 2.24) is 0 Å². The molecular weight excluding hydrogens is 424 g/mol. The van der Waals surface area contributed by atoms with Gasteiger partial charge in [0.25, 0.3) is 0 Å². The monoisotopic (exact) mass is 456 g/mol. The van der Waals surface area contributed by atoms with Crippen LogP contribution in [0.1, 0.15) is 84.7 Å². The number of carboxylic acid groups (broad SMARTS) is 1. The lowest BCUT2D eigenvalue weighted by Crippen LogP contribution is -2.10. The summed E-state index contributed by atoms with van der Waals surface area (Å²) in [5.74, 6) is 5.51. The third kappa shape index (κ3) is 6.89. The first-order valence-corrected chi connectivity index (χ1v) is 11.9. The fraction of sp³-hybridized carbons (Fsp3) is 0.300. The molecule has 1 atom stereocenters. The first-order chi connectivity index (χ1) is 16.5. The molecule has 3 rings (SSSR count). The molecule has 0 radical (unpaired) electrons. The van der Waals surface area contributed by atoms with E-state index in [9.17, 15) is 15.0 Å². The number of aromatic carboxylic acids is 1.